The number of rotatable bonds is 4. The fourth-order valence-corrected chi connectivity index (χ4v) is 4.08. The van der Waals surface area contributed by atoms with E-state index in [1.165, 1.54) is 6.07 Å². The second kappa shape index (κ2) is 7.74. The maximum absolute atomic E-state index is 14.0. The molecule has 2 aromatic rings. The van der Waals surface area contributed by atoms with Crippen LogP contribution < -0.4 is 10.9 Å². The predicted octanol–water partition coefficient (Wildman–Crippen LogP) is 2.59. The molecule has 2 N–H and O–H groups in total. The maximum atomic E-state index is 14.0. The van der Waals surface area contributed by atoms with Gasteiger partial charge in [0.15, 0.2) is 0 Å². The van der Waals surface area contributed by atoms with Gasteiger partial charge < -0.3 is 4.90 Å². The van der Waals surface area contributed by atoms with E-state index in [9.17, 15) is 9.18 Å². The van der Waals surface area contributed by atoms with Gasteiger partial charge in [0.25, 0.3) is 0 Å². The van der Waals surface area contributed by atoms with E-state index >= 15 is 0 Å². The summed E-state index contributed by atoms with van der Waals surface area (Å²) in [5.41, 5.74) is 8.57. The van der Waals surface area contributed by atoms with Gasteiger partial charge in [0.05, 0.1) is 17.7 Å². The molecule has 1 aromatic heterocycles. The van der Waals surface area contributed by atoms with Crippen molar-refractivity contribution in [1.29, 1.82) is 0 Å². The number of carbonyl (C=O) groups excluding carboxylic acids is 1. The van der Waals surface area contributed by atoms with Crippen molar-refractivity contribution < 1.29 is 9.18 Å². The minimum Gasteiger partial charge on any atom is -0.334 e. The molecule has 0 radical (unpaired) electrons. The highest BCUT2D eigenvalue weighted by molar-refractivity contribution is 5.80. The lowest BCUT2D eigenvalue weighted by Gasteiger charge is -2.28. The van der Waals surface area contributed by atoms with Gasteiger partial charge in [-0.3, -0.25) is 20.6 Å². The topological polar surface area (TPSA) is 57.3 Å². The second-order valence-corrected chi connectivity index (χ2v) is 7.43. The molecule has 27 heavy (non-hydrogen) atoms. The quantitative estimate of drug-likeness (QED) is 0.871. The molecule has 4 rings (SSSR count). The SMILES string of the molecule is CC1NNCC1C(=O)N1CCCC1c1cccc(Cc2ccccc2F)n1. The van der Waals surface area contributed by atoms with Gasteiger partial charge in [-0.1, -0.05) is 24.3 Å². The molecule has 1 aromatic carbocycles. The van der Waals surface area contributed by atoms with Crippen LogP contribution in [0.15, 0.2) is 42.5 Å². The van der Waals surface area contributed by atoms with E-state index in [1.54, 1.807) is 12.1 Å². The van der Waals surface area contributed by atoms with Crippen molar-refractivity contribution >= 4 is 5.91 Å². The Hall–Kier alpha value is -2.31. The molecule has 0 bridgehead atoms. The highest BCUT2D eigenvalue weighted by Gasteiger charge is 2.38. The first-order chi connectivity index (χ1) is 13.1. The van der Waals surface area contributed by atoms with Crippen molar-refractivity contribution in [2.24, 2.45) is 5.92 Å². The van der Waals surface area contributed by atoms with Gasteiger partial charge in [-0.15, -0.1) is 0 Å². The number of halogens is 1. The van der Waals surface area contributed by atoms with Crippen molar-refractivity contribution in [2.75, 3.05) is 13.1 Å². The van der Waals surface area contributed by atoms with Gasteiger partial charge in [0, 0.05) is 31.2 Å². The van der Waals surface area contributed by atoms with Crippen molar-refractivity contribution in [1.82, 2.24) is 20.7 Å². The van der Waals surface area contributed by atoms with Crippen molar-refractivity contribution in [3.05, 3.63) is 65.2 Å². The van der Waals surface area contributed by atoms with Crippen LogP contribution in [0, 0.1) is 11.7 Å². The van der Waals surface area contributed by atoms with Crippen LogP contribution in [0.1, 0.15) is 42.8 Å². The molecule has 0 aliphatic carbocycles. The van der Waals surface area contributed by atoms with Gasteiger partial charge in [-0.05, 0) is 43.5 Å². The third kappa shape index (κ3) is 3.73. The third-order valence-electron chi connectivity index (χ3n) is 5.61. The van der Waals surface area contributed by atoms with Crippen LogP contribution in [-0.2, 0) is 11.2 Å². The molecule has 2 aliphatic rings. The van der Waals surface area contributed by atoms with Crippen LogP contribution in [0.2, 0.25) is 0 Å². The Morgan fingerprint density at radius 2 is 2.11 bits per heavy atom. The van der Waals surface area contributed by atoms with Crippen molar-refractivity contribution in [3.63, 3.8) is 0 Å². The molecule has 3 heterocycles. The summed E-state index contributed by atoms with van der Waals surface area (Å²) in [6, 6.07) is 12.8. The Morgan fingerprint density at radius 1 is 1.26 bits per heavy atom. The fourth-order valence-electron chi connectivity index (χ4n) is 4.08. The van der Waals surface area contributed by atoms with E-state index in [1.807, 2.05) is 36.1 Å². The largest absolute Gasteiger partial charge is 0.334 e. The number of carbonyl (C=O) groups is 1. The van der Waals surface area contributed by atoms with Crippen LogP contribution in [0.4, 0.5) is 4.39 Å². The zero-order valence-corrected chi connectivity index (χ0v) is 15.5. The highest BCUT2D eigenvalue weighted by Crippen LogP contribution is 2.33. The summed E-state index contributed by atoms with van der Waals surface area (Å²) in [4.78, 5) is 19.8. The molecule has 2 fully saturated rings. The summed E-state index contributed by atoms with van der Waals surface area (Å²) in [6.45, 7) is 3.46. The minimum atomic E-state index is -0.211. The summed E-state index contributed by atoms with van der Waals surface area (Å²) in [5, 5.41) is 0. The van der Waals surface area contributed by atoms with Crippen LogP contribution in [0.25, 0.3) is 0 Å². The lowest BCUT2D eigenvalue weighted by atomic mass is 10.0. The minimum absolute atomic E-state index is 0.00544. The van der Waals surface area contributed by atoms with E-state index < -0.39 is 0 Å². The zero-order valence-electron chi connectivity index (χ0n) is 15.5. The number of aromatic nitrogens is 1. The van der Waals surface area contributed by atoms with Crippen molar-refractivity contribution in [3.8, 4) is 0 Å². The lowest BCUT2D eigenvalue weighted by Crippen LogP contribution is -2.41. The Morgan fingerprint density at radius 3 is 2.89 bits per heavy atom. The van der Waals surface area contributed by atoms with E-state index in [0.29, 0.717) is 18.5 Å². The molecule has 2 saturated heterocycles. The fraction of sp³-hybridized carbons (Fsp3) is 0.429. The molecule has 0 saturated carbocycles. The third-order valence-corrected chi connectivity index (χ3v) is 5.61. The molecule has 5 nitrogen and oxygen atoms in total. The Balaban J connectivity index is 1.54. The number of hydrogen-bond donors (Lipinski definition) is 2. The maximum Gasteiger partial charge on any atom is 0.229 e. The average Bonchev–Trinajstić information content (AvgIpc) is 3.32. The molecule has 3 atom stereocenters. The van der Waals surface area contributed by atoms with E-state index in [4.69, 9.17) is 4.98 Å². The number of nitrogens with zero attached hydrogens (tertiary/aromatic N) is 2. The summed E-state index contributed by atoms with van der Waals surface area (Å²) in [6.07, 6.45) is 2.36. The van der Waals surface area contributed by atoms with Crippen molar-refractivity contribution in [2.45, 2.75) is 38.3 Å². The summed E-state index contributed by atoms with van der Waals surface area (Å²) in [7, 11) is 0. The first kappa shape index (κ1) is 18.1. The van der Waals surface area contributed by atoms with Gasteiger partial charge in [0.2, 0.25) is 5.91 Å². The number of benzene rings is 1. The van der Waals surface area contributed by atoms with Crippen LogP contribution in [0.5, 0.6) is 0 Å². The molecular formula is C21H25FN4O. The number of amides is 1. The van der Waals surface area contributed by atoms with Gasteiger partial charge in [0.1, 0.15) is 5.82 Å². The van der Waals surface area contributed by atoms with Crippen LogP contribution in [-0.4, -0.2) is 34.9 Å². The average molecular weight is 368 g/mol. The number of hydrogen-bond acceptors (Lipinski definition) is 4. The second-order valence-electron chi connectivity index (χ2n) is 7.43. The van der Waals surface area contributed by atoms with Crippen LogP contribution >= 0.6 is 0 Å². The molecule has 1 amide bonds. The number of nitrogens with one attached hydrogen (secondary N) is 2. The highest BCUT2D eigenvalue weighted by atomic mass is 19.1. The van der Waals surface area contributed by atoms with E-state index in [-0.39, 0.29) is 29.7 Å². The van der Waals surface area contributed by atoms with Crippen LogP contribution in [0.3, 0.4) is 0 Å². The van der Waals surface area contributed by atoms with E-state index in [0.717, 1.165) is 30.8 Å². The monoisotopic (exact) mass is 368 g/mol. The lowest BCUT2D eigenvalue weighted by molar-refractivity contribution is -0.136. The number of likely N-dealkylation sites (tertiary alicyclic amines) is 1. The predicted molar refractivity (Wildman–Crippen MR) is 101 cm³/mol. The normalized spacial score (nSPS) is 25.1. The molecule has 6 heteroatoms. The smallest absolute Gasteiger partial charge is 0.229 e. The summed E-state index contributed by atoms with van der Waals surface area (Å²) >= 11 is 0. The van der Waals surface area contributed by atoms with Gasteiger partial charge >= 0.3 is 0 Å². The first-order valence-electron chi connectivity index (χ1n) is 9.61. The summed E-state index contributed by atoms with van der Waals surface area (Å²) < 4.78 is 14.0. The molecule has 2 aliphatic heterocycles. The van der Waals surface area contributed by atoms with Gasteiger partial charge in [-0.2, -0.15) is 0 Å². The Bertz CT molecular complexity index is 827. The molecule has 3 unspecified atom stereocenters. The first-order valence-corrected chi connectivity index (χ1v) is 9.61. The Kier molecular flexibility index (Phi) is 5.18. The van der Waals surface area contributed by atoms with E-state index in [2.05, 4.69) is 10.9 Å². The zero-order chi connectivity index (χ0) is 18.8. The molecular weight excluding hydrogens is 343 g/mol. The molecule has 142 valence electrons. The number of pyridine rings is 1. The summed E-state index contributed by atoms with van der Waals surface area (Å²) in [5.74, 6) is -0.0754. The Labute approximate surface area is 159 Å². The standard InChI is InChI=1S/C21H25FN4O/c1-14-17(13-23-25-14)21(27)26-11-5-10-20(26)19-9-4-7-16(24-19)12-15-6-2-3-8-18(15)22/h2-4,6-9,14,17,20,23,25H,5,10-13H2,1H3. The number of hydrazine groups is 1. The van der Waals surface area contributed by atoms with Gasteiger partial charge in [-0.25, -0.2) is 4.39 Å². The molecule has 0 spiro atoms.